The Morgan fingerprint density at radius 1 is 1.53 bits per heavy atom. The van der Waals surface area contributed by atoms with Gasteiger partial charge in [0.05, 0.1) is 13.7 Å². The minimum atomic E-state index is 0.362. The summed E-state index contributed by atoms with van der Waals surface area (Å²) in [6, 6.07) is 5.90. The van der Waals surface area contributed by atoms with Crippen LogP contribution in [0, 0.1) is 4.91 Å². The second kappa shape index (κ2) is 6.85. The van der Waals surface area contributed by atoms with Gasteiger partial charge in [-0.05, 0) is 18.2 Å². The Hall–Kier alpha value is -0.550. The molecule has 0 spiro atoms. The van der Waals surface area contributed by atoms with Crippen molar-refractivity contribution in [2.45, 2.75) is 5.75 Å². The topological polar surface area (TPSA) is 38.7 Å². The molecule has 82 valence electrons. The first kappa shape index (κ1) is 12.5. The molecule has 1 rings (SSSR count). The zero-order valence-corrected chi connectivity index (χ0v) is 10.8. The molecule has 0 saturated carbocycles. The summed E-state index contributed by atoms with van der Waals surface area (Å²) < 4.78 is 6.27. The highest BCUT2D eigenvalue weighted by atomic mass is 79.9. The smallest absolute Gasteiger partial charge is 0.122 e. The lowest BCUT2D eigenvalue weighted by Gasteiger charge is -2.08. The molecule has 0 aliphatic rings. The number of benzene rings is 1. The Balaban J connectivity index is 2.57. The number of methoxy groups -OCH3 is 1. The van der Waals surface area contributed by atoms with Gasteiger partial charge in [0.2, 0.25) is 0 Å². The molecule has 0 heterocycles. The van der Waals surface area contributed by atoms with Crippen LogP contribution in [0.1, 0.15) is 5.56 Å². The van der Waals surface area contributed by atoms with Crippen LogP contribution in [-0.4, -0.2) is 19.4 Å². The van der Waals surface area contributed by atoms with E-state index in [9.17, 15) is 4.91 Å². The van der Waals surface area contributed by atoms with E-state index in [1.54, 1.807) is 18.9 Å². The molecule has 0 radical (unpaired) electrons. The van der Waals surface area contributed by atoms with Gasteiger partial charge >= 0.3 is 0 Å². The lowest BCUT2D eigenvalue weighted by molar-refractivity contribution is 0.411. The average molecular weight is 290 g/mol. The van der Waals surface area contributed by atoms with E-state index in [1.165, 1.54) is 0 Å². The first-order chi connectivity index (χ1) is 7.27. The fraction of sp³-hybridized carbons (Fsp3) is 0.400. The Labute approximate surface area is 102 Å². The van der Waals surface area contributed by atoms with Gasteiger partial charge in [0, 0.05) is 21.5 Å². The van der Waals surface area contributed by atoms with Crippen LogP contribution in [0.15, 0.2) is 27.8 Å². The molecular weight excluding hydrogens is 278 g/mol. The minimum Gasteiger partial charge on any atom is -0.496 e. The van der Waals surface area contributed by atoms with Gasteiger partial charge in [-0.15, -0.1) is 0 Å². The molecule has 0 atom stereocenters. The fourth-order valence-corrected chi connectivity index (χ4v) is 2.35. The molecule has 0 saturated heterocycles. The number of nitroso groups, excluding NO2 is 1. The Bertz CT molecular complexity index is 333. The Morgan fingerprint density at radius 3 is 3.00 bits per heavy atom. The van der Waals surface area contributed by atoms with Gasteiger partial charge in [-0.1, -0.05) is 21.1 Å². The van der Waals surface area contributed by atoms with Crippen LogP contribution in [-0.2, 0) is 5.75 Å². The van der Waals surface area contributed by atoms with Crippen LogP contribution in [0.3, 0.4) is 0 Å². The van der Waals surface area contributed by atoms with E-state index in [0.717, 1.165) is 27.3 Å². The van der Waals surface area contributed by atoms with Crippen LogP contribution in [0.4, 0.5) is 0 Å². The summed E-state index contributed by atoms with van der Waals surface area (Å²) in [5, 5.41) is 2.82. The first-order valence-electron chi connectivity index (χ1n) is 4.47. The zero-order chi connectivity index (χ0) is 11.1. The van der Waals surface area contributed by atoms with Crippen molar-refractivity contribution in [1.82, 2.24) is 0 Å². The molecule has 5 heteroatoms. The lowest BCUT2D eigenvalue weighted by atomic mass is 10.2. The summed E-state index contributed by atoms with van der Waals surface area (Å²) in [7, 11) is 1.66. The van der Waals surface area contributed by atoms with E-state index in [2.05, 4.69) is 21.1 Å². The quantitative estimate of drug-likeness (QED) is 0.595. The van der Waals surface area contributed by atoms with Gasteiger partial charge in [-0.3, -0.25) is 0 Å². The third-order valence-corrected chi connectivity index (χ3v) is 3.31. The SMILES string of the molecule is COc1ccc(Br)cc1CSCCN=O. The van der Waals surface area contributed by atoms with E-state index >= 15 is 0 Å². The summed E-state index contributed by atoms with van der Waals surface area (Å²) in [4.78, 5) is 9.90. The number of thioether (sulfide) groups is 1. The van der Waals surface area contributed by atoms with Gasteiger partial charge in [-0.2, -0.15) is 16.7 Å². The van der Waals surface area contributed by atoms with Gasteiger partial charge in [0.25, 0.3) is 0 Å². The van der Waals surface area contributed by atoms with Crippen LogP contribution in [0.2, 0.25) is 0 Å². The molecule has 0 N–H and O–H groups in total. The summed E-state index contributed by atoms with van der Waals surface area (Å²) in [5.41, 5.74) is 1.13. The van der Waals surface area contributed by atoms with Crippen molar-refractivity contribution >= 4 is 27.7 Å². The molecule has 1 aromatic rings. The van der Waals surface area contributed by atoms with Crippen molar-refractivity contribution in [3.8, 4) is 5.75 Å². The maximum Gasteiger partial charge on any atom is 0.122 e. The molecule has 0 bridgehead atoms. The second-order valence-electron chi connectivity index (χ2n) is 2.86. The molecule has 15 heavy (non-hydrogen) atoms. The predicted octanol–water partition coefficient (Wildman–Crippen LogP) is 3.46. The summed E-state index contributed by atoms with van der Waals surface area (Å²) in [5.74, 6) is 2.46. The van der Waals surface area contributed by atoms with E-state index in [0.29, 0.717) is 6.54 Å². The average Bonchev–Trinajstić information content (AvgIpc) is 2.25. The van der Waals surface area contributed by atoms with Crippen molar-refractivity contribution in [2.24, 2.45) is 5.18 Å². The molecule has 0 aliphatic carbocycles. The molecule has 0 amide bonds. The number of hydrogen-bond acceptors (Lipinski definition) is 4. The number of ether oxygens (including phenoxy) is 1. The van der Waals surface area contributed by atoms with Crippen LogP contribution < -0.4 is 4.74 Å². The van der Waals surface area contributed by atoms with E-state index in [1.807, 2.05) is 18.2 Å². The van der Waals surface area contributed by atoms with Crippen LogP contribution in [0.25, 0.3) is 0 Å². The predicted molar refractivity (Wildman–Crippen MR) is 67.5 cm³/mol. The van der Waals surface area contributed by atoms with E-state index in [4.69, 9.17) is 4.74 Å². The highest BCUT2D eigenvalue weighted by Crippen LogP contribution is 2.26. The van der Waals surface area contributed by atoms with Crippen molar-refractivity contribution in [3.63, 3.8) is 0 Å². The first-order valence-corrected chi connectivity index (χ1v) is 6.42. The van der Waals surface area contributed by atoms with Gasteiger partial charge in [-0.25, -0.2) is 0 Å². The third kappa shape index (κ3) is 4.22. The van der Waals surface area contributed by atoms with Crippen LogP contribution in [0.5, 0.6) is 5.75 Å². The Morgan fingerprint density at radius 2 is 2.33 bits per heavy atom. The molecule has 1 aromatic carbocycles. The molecule has 0 fully saturated rings. The minimum absolute atomic E-state index is 0.362. The van der Waals surface area contributed by atoms with Crippen LogP contribution >= 0.6 is 27.7 Å². The number of rotatable bonds is 6. The fourth-order valence-electron chi connectivity index (χ4n) is 1.14. The standard InChI is InChI=1S/C10H12BrNO2S/c1-14-10-3-2-9(11)6-8(10)7-15-5-4-12-13/h2-3,6H,4-5,7H2,1H3. The molecule has 0 aromatic heterocycles. The van der Waals surface area contributed by atoms with Gasteiger partial charge in [0.1, 0.15) is 5.75 Å². The maximum absolute atomic E-state index is 9.90. The second-order valence-corrected chi connectivity index (χ2v) is 4.88. The van der Waals surface area contributed by atoms with Crippen molar-refractivity contribution < 1.29 is 4.74 Å². The molecule has 3 nitrogen and oxygen atoms in total. The highest BCUT2D eigenvalue weighted by Gasteiger charge is 2.03. The normalized spacial score (nSPS) is 10.0. The summed E-state index contributed by atoms with van der Waals surface area (Å²) >= 11 is 5.09. The summed E-state index contributed by atoms with van der Waals surface area (Å²) in [6.45, 7) is 0.362. The Kier molecular flexibility index (Phi) is 5.71. The summed E-state index contributed by atoms with van der Waals surface area (Å²) in [6.07, 6.45) is 0. The largest absolute Gasteiger partial charge is 0.496 e. The lowest BCUT2D eigenvalue weighted by Crippen LogP contribution is -1.92. The monoisotopic (exact) mass is 289 g/mol. The van der Waals surface area contributed by atoms with Crippen molar-refractivity contribution in [1.29, 1.82) is 0 Å². The van der Waals surface area contributed by atoms with E-state index in [-0.39, 0.29) is 0 Å². The van der Waals surface area contributed by atoms with E-state index < -0.39 is 0 Å². The third-order valence-electron chi connectivity index (χ3n) is 1.83. The van der Waals surface area contributed by atoms with Crippen molar-refractivity contribution in [2.75, 3.05) is 19.4 Å². The molecular formula is C10H12BrNO2S. The highest BCUT2D eigenvalue weighted by molar-refractivity contribution is 9.10. The maximum atomic E-state index is 9.90. The van der Waals surface area contributed by atoms with Gasteiger partial charge in [0.15, 0.2) is 0 Å². The number of hydrogen-bond donors (Lipinski definition) is 0. The van der Waals surface area contributed by atoms with Gasteiger partial charge < -0.3 is 4.74 Å². The number of halogens is 1. The molecule has 0 unspecified atom stereocenters. The molecule has 0 aliphatic heterocycles. The number of nitrogens with zero attached hydrogens (tertiary/aromatic N) is 1. The van der Waals surface area contributed by atoms with Crippen molar-refractivity contribution in [3.05, 3.63) is 33.1 Å². The zero-order valence-electron chi connectivity index (χ0n) is 8.40.